The molecule has 0 radical (unpaired) electrons. The van der Waals surface area contributed by atoms with Crippen molar-refractivity contribution < 1.29 is 9.84 Å². The Kier molecular flexibility index (Phi) is 2.63. The first-order valence-electron chi connectivity index (χ1n) is 7.38. The summed E-state index contributed by atoms with van der Waals surface area (Å²) < 4.78 is 7.27. The maximum atomic E-state index is 10.9. The van der Waals surface area contributed by atoms with Gasteiger partial charge in [-0.1, -0.05) is 32.0 Å². The van der Waals surface area contributed by atoms with Gasteiger partial charge in [0.15, 0.2) is 0 Å². The molecule has 112 valence electrons. The van der Waals surface area contributed by atoms with Crippen molar-refractivity contribution in [1.29, 1.82) is 0 Å². The molecule has 1 N–H and O–H groups in total. The first kappa shape index (κ1) is 13.3. The number of nitrogens with zero attached hydrogens (tertiary/aromatic N) is 2. The van der Waals surface area contributed by atoms with Crippen LogP contribution in [-0.4, -0.2) is 22.0 Å². The molecule has 2 heterocycles. The number of rotatable bonds is 1. The molecule has 0 saturated carbocycles. The second-order valence-corrected chi connectivity index (χ2v) is 6.33. The number of fused-ring (bicyclic) bond motifs is 5. The lowest BCUT2D eigenvalue weighted by atomic mass is 9.75. The lowest BCUT2D eigenvalue weighted by Crippen LogP contribution is -2.34. The van der Waals surface area contributed by atoms with Crippen LogP contribution in [0.1, 0.15) is 31.2 Å². The van der Waals surface area contributed by atoms with Crippen LogP contribution in [0.15, 0.2) is 42.5 Å². The van der Waals surface area contributed by atoms with Crippen molar-refractivity contribution in [2.45, 2.75) is 25.4 Å². The van der Waals surface area contributed by atoms with Crippen LogP contribution in [0.25, 0.3) is 16.6 Å². The summed E-state index contributed by atoms with van der Waals surface area (Å²) in [7, 11) is 1.63. The minimum atomic E-state index is -0.606. The SMILES string of the molecule is COc1ccc2c(c1)[C@H](O)C(C)(C)c1c3ccccc3nn1-2. The standard InChI is InChI=1S/C18H18N2O2/c1-18(2)16-12-6-4-5-7-14(12)19-20(16)15-9-8-11(22-3)10-13(15)17(18)21/h4-10,17,21H,1-3H3/t17-/m0/s1. The molecule has 4 rings (SSSR count). The van der Waals surface area contributed by atoms with Gasteiger partial charge in [0.25, 0.3) is 0 Å². The Morgan fingerprint density at radius 2 is 1.95 bits per heavy atom. The van der Waals surface area contributed by atoms with Crippen LogP contribution in [0.2, 0.25) is 0 Å². The number of aliphatic hydroxyl groups is 1. The lowest BCUT2D eigenvalue weighted by molar-refractivity contribution is 0.0909. The number of aliphatic hydroxyl groups excluding tert-OH is 1. The van der Waals surface area contributed by atoms with E-state index in [2.05, 4.69) is 19.9 Å². The molecule has 3 aromatic rings. The third-order valence-electron chi connectivity index (χ3n) is 4.63. The first-order chi connectivity index (χ1) is 10.5. The molecule has 0 fully saturated rings. The van der Waals surface area contributed by atoms with Gasteiger partial charge in [-0.25, -0.2) is 4.68 Å². The van der Waals surface area contributed by atoms with Crippen LogP contribution >= 0.6 is 0 Å². The zero-order valence-electron chi connectivity index (χ0n) is 12.9. The van der Waals surface area contributed by atoms with E-state index in [-0.39, 0.29) is 0 Å². The van der Waals surface area contributed by atoms with E-state index in [1.165, 1.54) is 0 Å². The molecule has 0 aliphatic carbocycles. The van der Waals surface area contributed by atoms with Gasteiger partial charge in [0.05, 0.1) is 30.1 Å². The zero-order valence-corrected chi connectivity index (χ0v) is 12.9. The average molecular weight is 294 g/mol. The summed E-state index contributed by atoms with van der Waals surface area (Å²) in [5, 5.41) is 16.8. The van der Waals surface area contributed by atoms with Crippen molar-refractivity contribution in [2.75, 3.05) is 7.11 Å². The Bertz CT molecular complexity index is 880. The summed E-state index contributed by atoms with van der Waals surface area (Å²) >= 11 is 0. The van der Waals surface area contributed by atoms with Crippen LogP contribution in [0.5, 0.6) is 5.75 Å². The van der Waals surface area contributed by atoms with Crippen molar-refractivity contribution in [1.82, 2.24) is 9.78 Å². The van der Waals surface area contributed by atoms with Crippen LogP contribution in [0, 0.1) is 0 Å². The van der Waals surface area contributed by atoms with Gasteiger partial charge in [-0.3, -0.25) is 0 Å². The molecule has 4 heteroatoms. The van der Waals surface area contributed by atoms with E-state index in [9.17, 15) is 5.11 Å². The van der Waals surface area contributed by atoms with Crippen molar-refractivity contribution in [3.05, 3.63) is 53.7 Å². The predicted octanol–water partition coefficient (Wildman–Crippen LogP) is 3.36. The largest absolute Gasteiger partial charge is 0.497 e. The van der Waals surface area contributed by atoms with E-state index in [0.717, 1.165) is 33.6 Å². The summed E-state index contributed by atoms with van der Waals surface area (Å²) in [6.45, 7) is 4.11. The molecular formula is C18H18N2O2. The lowest BCUT2D eigenvalue weighted by Gasteiger charge is -2.37. The van der Waals surface area contributed by atoms with Gasteiger partial charge in [0.1, 0.15) is 5.75 Å². The number of aromatic nitrogens is 2. The fourth-order valence-electron chi connectivity index (χ4n) is 3.42. The van der Waals surface area contributed by atoms with E-state index < -0.39 is 11.5 Å². The molecule has 2 aromatic carbocycles. The van der Waals surface area contributed by atoms with E-state index >= 15 is 0 Å². The second-order valence-electron chi connectivity index (χ2n) is 6.33. The van der Waals surface area contributed by atoms with Gasteiger partial charge in [0, 0.05) is 16.4 Å². The summed E-state index contributed by atoms with van der Waals surface area (Å²) in [4.78, 5) is 0. The van der Waals surface area contributed by atoms with Gasteiger partial charge in [-0.05, 0) is 24.3 Å². The molecule has 0 unspecified atom stereocenters. The zero-order chi connectivity index (χ0) is 15.5. The van der Waals surface area contributed by atoms with Gasteiger partial charge in [-0.15, -0.1) is 0 Å². The van der Waals surface area contributed by atoms with Gasteiger partial charge >= 0.3 is 0 Å². The minimum Gasteiger partial charge on any atom is -0.497 e. The number of methoxy groups -OCH3 is 1. The van der Waals surface area contributed by atoms with Crippen molar-refractivity contribution in [3.63, 3.8) is 0 Å². The normalized spacial score (nSPS) is 18.8. The Balaban J connectivity index is 2.11. The maximum absolute atomic E-state index is 10.9. The van der Waals surface area contributed by atoms with Gasteiger partial charge in [-0.2, -0.15) is 5.10 Å². The maximum Gasteiger partial charge on any atom is 0.119 e. The van der Waals surface area contributed by atoms with E-state index in [1.54, 1.807) is 7.11 Å². The smallest absolute Gasteiger partial charge is 0.119 e. The van der Waals surface area contributed by atoms with Gasteiger partial charge in [0.2, 0.25) is 0 Å². The predicted molar refractivity (Wildman–Crippen MR) is 85.6 cm³/mol. The molecule has 22 heavy (non-hydrogen) atoms. The van der Waals surface area contributed by atoms with Crippen molar-refractivity contribution >= 4 is 10.9 Å². The van der Waals surface area contributed by atoms with Crippen LogP contribution in [0.3, 0.4) is 0 Å². The summed E-state index contributed by atoms with van der Waals surface area (Å²) in [5.74, 6) is 0.744. The highest BCUT2D eigenvalue weighted by Gasteiger charge is 2.41. The Hall–Kier alpha value is -2.33. The monoisotopic (exact) mass is 294 g/mol. The third kappa shape index (κ3) is 1.58. The highest BCUT2D eigenvalue weighted by atomic mass is 16.5. The molecular weight excluding hydrogens is 276 g/mol. The minimum absolute atomic E-state index is 0.435. The van der Waals surface area contributed by atoms with E-state index in [1.807, 2.05) is 41.1 Å². The van der Waals surface area contributed by atoms with E-state index in [0.29, 0.717) is 0 Å². The van der Waals surface area contributed by atoms with Gasteiger partial charge < -0.3 is 9.84 Å². The summed E-state index contributed by atoms with van der Waals surface area (Å²) in [5.41, 5.74) is 3.33. The van der Waals surface area contributed by atoms with E-state index in [4.69, 9.17) is 9.84 Å². The van der Waals surface area contributed by atoms with Crippen LogP contribution in [0.4, 0.5) is 0 Å². The molecule has 1 aliphatic heterocycles. The topological polar surface area (TPSA) is 47.3 Å². The Labute approximate surface area is 129 Å². The second kappa shape index (κ2) is 4.34. The molecule has 0 bridgehead atoms. The fraction of sp³-hybridized carbons (Fsp3) is 0.278. The number of hydrogen-bond donors (Lipinski definition) is 1. The molecule has 4 nitrogen and oxygen atoms in total. The Morgan fingerprint density at radius 1 is 1.18 bits per heavy atom. The number of benzene rings is 2. The van der Waals surface area contributed by atoms with Crippen molar-refractivity contribution in [2.24, 2.45) is 0 Å². The highest BCUT2D eigenvalue weighted by Crippen LogP contribution is 2.47. The highest BCUT2D eigenvalue weighted by molar-refractivity contribution is 5.84. The molecule has 1 aromatic heterocycles. The van der Waals surface area contributed by atoms with Crippen LogP contribution in [-0.2, 0) is 5.41 Å². The molecule has 0 spiro atoms. The summed E-state index contributed by atoms with van der Waals surface area (Å²) in [6, 6.07) is 13.8. The molecule has 0 amide bonds. The third-order valence-corrected chi connectivity index (χ3v) is 4.63. The van der Waals surface area contributed by atoms with Crippen LogP contribution < -0.4 is 4.74 Å². The molecule has 0 saturated heterocycles. The average Bonchev–Trinajstić information content (AvgIpc) is 2.92. The fourth-order valence-corrected chi connectivity index (χ4v) is 3.42. The molecule has 1 atom stereocenters. The number of ether oxygens (including phenoxy) is 1. The number of hydrogen-bond acceptors (Lipinski definition) is 3. The Morgan fingerprint density at radius 3 is 2.73 bits per heavy atom. The molecule has 1 aliphatic rings. The summed E-state index contributed by atoms with van der Waals surface area (Å²) in [6.07, 6.45) is -0.606. The van der Waals surface area contributed by atoms with Crippen molar-refractivity contribution in [3.8, 4) is 11.4 Å². The quantitative estimate of drug-likeness (QED) is 0.748. The first-order valence-corrected chi connectivity index (χ1v) is 7.38.